The van der Waals surface area contributed by atoms with Gasteiger partial charge in [-0.3, -0.25) is 0 Å². The molecule has 0 bridgehead atoms. The summed E-state index contributed by atoms with van der Waals surface area (Å²) >= 11 is 0. The molecule has 1 aromatic heterocycles. The van der Waals surface area contributed by atoms with Gasteiger partial charge in [0.1, 0.15) is 36.4 Å². The minimum atomic E-state index is -0.650. The van der Waals surface area contributed by atoms with Gasteiger partial charge in [-0.05, 0) is 69.2 Å². The molecule has 2 rings (SSSR count). The van der Waals surface area contributed by atoms with Crippen LogP contribution < -0.4 is 9.47 Å². The topological polar surface area (TPSA) is 73.5 Å². The number of nitrogens with zero attached hydrogens (tertiary/aromatic N) is 2. The van der Waals surface area contributed by atoms with Gasteiger partial charge >= 0.3 is 5.97 Å². The molecular weight excluding hydrogens is 368 g/mol. The maximum atomic E-state index is 12.2. The van der Waals surface area contributed by atoms with E-state index in [2.05, 4.69) is 11.5 Å². The number of nitriles is 1. The molecule has 0 saturated heterocycles. The predicted molar refractivity (Wildman–Crippen MR) is 112 cm³/mol. The first kappa shape index (κ1) is 22.1. The number of aromatic nitrogens is 1. The molecule has 0 saturated carbocycles. The molecule has 0 aliphatic rings. The molecule has 1 aromatic carbocycles. The number of carbonyl (C=O) groups excluding carboxylic acids is 1. The van der Waals surface area contributed by atoms with Crippen LogP contribution in [0.25, 0.3) is 6.08 Å². The lowest BCUT2D eigenvalue weighted by Crippen LogP contribution is -2.13. The summed E-state index contributed by atoms with van der Waals surface area (Å²) in [5.74, 6) is 0.778. The van der Waals surface area contributed by atoms with E-state index in [4.69, 9.17) is 14.2 Å². The lowest BCUT2D eigenvalue weighted by molar-refractivity contribution is -0.139. The maximum Gasteiger partial charge on any atom is 0.349 e. The minimum Gasteiger partial charge on any atom is -0.494 e. The van der Waals surface area contributed by atoms with Gasteiger partial charge in [0.25, 0.3) is 0 Å². The second kappa shape index (κ2) is 11.0. The van der Waals surface area contributed by atoms with Gasteiger partial charge < -0.3 is 18.8 Å². The van der Waals surface area contributed by atoms with Crippen molar-refractivity contribution >= 4 is 12.0 Å². The van der Waals surface area contributed by atoms with Crippen LogP contribution >= 0.6 is 0 Å². The molecule has 0 aliphatic heterocycles. The molecule has 0 fully saturated rings. The quantitative estimate of drug-likeness (QED) is 0.257. The summed E-state index contributed by atoms with van der Waals surface area (Å²) in [6.45, 7) is 9.80. The Kier molecular flexibility index (Phi) is 8.35. The van der Waals surface area contributed by atoms with Crippen LogP contribution in [-0.4, -0.2) is 30.4 Å². The summed E-state index contributed by atoms with van der Waals surface area (Å²) in [5.41, 5.74) is 2.96. The van der Waals surface area contributed by atoms with Crippen molar-refractivity contribution in [1.82, 2.24) is 4.57 Å². The highest BCUT2D eigenvalue weighted by molar-refractivity contribution is 5.98. The summed E-state index contributed by atoms with van der Waals surface area (Å²) in [6, 6.07) is 11.1. The van der Waals surface area contributed by atoms with E-state index in [1.54, 1.807) is 18.2 Å². The monoisotopic (exact) mass is 396 g/mol. The highest BCUT2D eigenvalue weighted by Crippen LogP contribution is 2.19. The second-order valence-corrected chi connectivity index (χ2v) is 6.54. The summed E-state index contributed by atoms with van der Waals surface area (Å²) in [7, 11) is 0. The van der Waals surface area contributed by atoms with E-state index in [0.29, 0.717) is 12.4 Å². The van der Waals surface area contributed by atoms with Crippen molar-refractivity contribution in [3.63, 3.8) is 0 Å². The third-order valence-corrected chi connectivity index (χ3v) is 4.42. The molecule has 0 spiro atoms. The lowest BCUT2D eigenvalue weighted by atomic mass is 10.1. The number of aryl methyl sites for hydroxylation is 1. The van der Waals surface area contributed by atoms with Gasteiger partial charge in [-0.25, -0.2) is 4.79 Å². The van der Waals surface area contributed by atoms with E-state index in [0.717, 1.165) is 35.7 Å². The van der Waals surface area contributed by atoms with Crippen molar-refractivity contribution in [1.29, 1.82) is 5.26 Å². The van der Waals surface area contributed by atoms with E-state index in [1.165, 1.54) is 0 Å². The van der Waals surface area contributed by atoms with Crippen LogP contribution in [0.5, 0.6) is 11.5 Å². The van der Waals surface area contributed by atoms with E-state index in [9.17, 15) is 10.1 Å². The normalized spacial score (nSPS) is 11.1. The van der Waals surface area contributed by atoms with Crippen LogP contribution in [0.4, 0.5) is 0 Å². The van der Waals surface area contributed by atoms with Gasteiger partial charge in [0.15, 0.2) is 0 Å². The Morgan fingerprint density at radius 1 is 1.10 bits per heavy atom. The Hall–Kier alpha value is -3.20. The largest absolute Gasteiger partial charge is 0.494 e. The van der Waals surface area contributed by atoms with Gasteiger partial charge in [-0.15, -0.1) is 0 Å². The fourth-order valence-corrected chi connectivity index (χ4v) is 3.00. The Bertz CT molecular complexity index is 889. The predicted octanol–water partition coefficient (Wildman–Crippen LogP) is 4.44. The van der Waals surface area contributed by atoms with Crippen molar-refractivity contribution in [2.24, 2.45) is 0 Å². The average molecular weight is 396 g/mol. The number of carbonyl (C=O) groups is 1. The van der Waals surface area contributed by atoms with Gasteiger partial charge in [-0.1, -0.05) is 6.92 Å². The summed E-state index contributed by atoms with van der Waals surface area (Å²) in [4.78, 5) is 12.2. The molecule has 154 valence electrons. The molecule has 2 aromatic rings. The van der Waals surface area contributed by atoms with Gasteiger partial charge in [0.2, 0.25) is 0 Å². The van der Waals surface area contributed by atoms with Crippen LogP contribution in [-0.2, 0) is 16.1 Å². The highest BCUT2D eigenvalue weighted by atomic mass is 16.6. The summed E-state index contributed by atoms with van der Waals surface area (Å²) < 4.78 is 18.3. The Labute approximate surface area is 172 Å². The third-order valence-electron chi connectivity index (χ3n) is 4.42. The lowest BCUT2D eigenvalue weighted by Gasteiger charge is -2.08. The summed E-state index contributed by atoms with van der Waals surface area (Å²) in [6.07, 6.45) is 2.60. The molecule has 1 heterocycles. The highest BCUT2D eigenvalue weighted by Gasteiger charge is 2.14. The zero-order valence-electron chi connectivity index (χ0n) is 17.5. The fourth-order valence-electron chi connectivity index (χ4n) is 3.00. The number of esters is 1. The smallest absolute Gasteiger partial charge is 0.349 e. The summed E-state index contributed by atoms with van der Waals surface area (Å²) in [5, 5.41) is 9.36. The standard InChI is InChI=1S/C23H28N2O4/c1-5-11-25-17(3)14-19(18(25)4)15-20(16-24)23(26)29-13-12-28-22-9-7-21(8-10-22)27-6-2/h7-10,14-15H,5-6,11-13H2,1-4H3/b20-15+. The number of rotatable bonds is 10. The van der Waals surface area contributed by atoms with Crippen molar-refractivity contribution in [3.8, 4) is 17.6 Å². The number of ether oxygens (including phenoxy) is 3. The van der Waals surface area contributed by atoms with E-state index >= 15 is 0 Å². The van der Waals surface area contributed by atoms with Gasteiger partial charge in [0, 0.05) is 17.9 Å². The second-order valence-electron chi connectivity index (χ2n) is 6.54. The van der Waals surface area contributed by atoms with Crippen molar-refractivity contribution in [3.05, 3.63) is 52.9 Å². The fraction of sp³-hybridized carbons (Fsp3) is 0.391. The Balaban J connectivity index is 1.91. The SMILES string of the molecule is CCCn1c(C)cc(/C=C(\C#N)C(=O)OCCOc2ccc(OCC)cc2)c1C. The van der Waals surface area contributed by atoms with Crippen LogP contribution in [0, 0.1) is 25.2 Å². The van der Waals surface area contributed by atoms with Crippen LogP contribution in [0.2, 0.25) is 0 Å². The molecule has 0 amide bonds. The van der Waals surface area contributed by atoms with Gasteiger partial charge in [-0.2, -0.15) is 5.26 Å². The zero-order chi connectivity index (χ0) is 21.2. The van der Waals surface area contributed by atoms with Gasteiger partial charge in [0.05, 0.1) is 6.61 Å². The molecule has 0 unspecified atom stereocenters. The molecular formula is C23H28N2O4. The van der Waals surface area contributed by atoms with Crippen molar-refractivity contribution in [2.75, 3.05) is 19.8 Å². The van der Waals surface area contributed by atoms with Crippen LogP contribution in [0.1, 0.15) is 37.2 Å². The van der Waals surface area contributed by atoms with Crippen molar-refractivity contribution < 1.29 is 19.0 Å². The first-order valence-corrected chi connectivity index (χ1v) is 9.81. The van der Waals surface area contributed by atoms with Crippen LogP contribution in [0.15, 0.2) is 35.9 Å². The Morgan fingerprint density at radius 3 is 2.34 bits per heavy atom. The van der Waals surface area contributed by atoms with E-state index < -0.39 is 5.97 Å². The minimum absolute atomic E-state index is 0.0252. The molecule has 29 heavy (non-hydrogen) atoms. The van der Waals surface area contributed by atoms with Crippen molar-refractivity contribution in [2.45, 2.75) is 40.7 Å². The number of hydrogen-bond donors (Lipinski definition) is 0. The molecule has 0 N–H and O–H groups in total. The number of benzene rings is 1. The zero-order valence-corrected chi connectivity index (χ0v) is 17.5. The van der Waals surface area contributed by atoms with E-state index in [1.807, 2.05) is 45.0 Å². The van der Waals surface area contributed by atoms with E-state index in [-0.39, 0.29) is 18.8 Å². The molecule has 0 aliphatic carbocycles. The molecule has 0 atom stereocenters. The average Bonchev–Trinajstić information content (AvgIpc) is 2.98. The number of hydrogen-bond acceptors (Lipinski definition) is 5. The van der Waals surface area contributed by atoms with Crippen LogP contribution in [0.3, 0.4) is 0 Å². The first-order valence-electron chi connectivity index (χ1n) is 9.81. The third kappa shape index (κ3) is 6.15. The maximum absolute atomic E-state index is 12.2. The molecule has 6 heteroatoms. The Morgan fingerprint density at radius 2 is 1.76 bits per heavy atom. The molecule has 0 radical (unpaired) electrons. The molecule has 6 nitrogen and oxygen atoms in total. The first-order chi connectivity index (χ1) is 14.0.